The Kier molecular flexibility index (Phi) is 5.72. The first-order valence-corrected chi connectivity index (χ1v) is 8.05. The second kappa shape index (κ2) is 7.75. The van der Waals surface area contributed by atoms with Crippen LogP contribution in [0.25, 0.3) is 0 Å². The smallest absolute Gasteiger partial charge is 0.345 e. The van der Waals surface area contributed by atoms with Gasteiger partial charge in [0, 0.05) is 11.3 Å². The number of hydrogen-bond acceptors (Lipinski definition) is 3. The summed E-state index contributed by atoms with van der Waals surface area (Å²) in [6.45, 7) is 2.45. The Hall–Kier alpha value is -2.14. The summed E-state index contributed by atoms with van der Waals surface area (Å²) in [7, 11) is 0. The summed E-state index contributed by atoms with van der Waals surface area (Å²) in [6.07, 6.45) is 1.34. The van der Waals surface area contributed by atoms with Crippen molar-refractivity contribution in [2.45, 2.75) is 32.2 Å². The van der Waals surface area contributed by atoms with Gasteiger partial charge in [-0.05, 0) is 30.0 Å². The van der Waals surface area contributed by atoms with Gasteiger partial charge in [-0.25, -0.2) is 4.79 Å². The number of carboxylic acids is 1. The van der Waals surface area contributed by atoms with Crippen LogP contribution in [-0.2, 0) is 11.3 Å². The SMILES string of the molecule is CCC(CC(=O)NCc1ccc(C(=O)O)s1)c1ccccc1. The monoisotopic (exact) mass is 317 g/mol. The molecule has 0 aliphatic rings. The molecular weight excluding hydrogens is 298 g/mol. The maximum absolute atomic E-state index is 12.1. The first-order chi connectivity index (χ1) is 10.6. The zero-order chi connectivity index (χ0) is 15.9. The molecule has 1 amide bonds. The fourth-order valence-corrected chi connectivity index (χ4v) is 3.08. The molecule has 1 unspecified atom stereocenters. The fourth-order valence-electron chi connectivity index (χ4n) is 2.29. The predicted octanol–water partition coefficient (Wildman–Crippen LogP) is 3.65. The Morgan fingerprint density at radius 1 is 1.18 bits per heavy atom. The second-order valence-electron chi connectivity index (χ2n) is 5.07. The third kappa shape index (κ3) is 4.43. The topological polar surface area (TPSA) is 66.4 Å². The van der Waals surface area contributed by atoms with Crippen LogP contribution in [0.1, 0.15) is 45.8 Å². The number of aromatic carboxylic acids is 1. The van der Waals surface area contributed by atoms with Crippen molar-refractivity contribution in [1.82, 2.24) is 5.32 Å². The average Bonchev–Trinajstić information content (AvgIpc) is 3.01. The summed E-state index contributed by atoms with van der Waals surface area (Å²) in [5.74, 6) is -0.738. The van der Waals surface area contributed by atoms with E-state index in [9.17, 15) is 9.59 Å². The van der Waals surface area contributed by atoms with E-state index in [0.717, 1.165) is 11.3 Å². The molecule has 0 radical (unpaired) electrons. The summed E-state index contributed by atoms with van der Waals surface area (Å²) in [6, 6.07) is 13.3. The predicted molar refractivity (Wildman–Crippen MR) is 87.2 cm³/mol. The van der Waals surface area contributed by atoms with Gasteiger partial charge in [0.15, 0.2) is 0 Å². The normalized spacial score (nSPS) is 11.9. The van der Waals surface area contributed by atoms with E-state index in [1.165, 1.54) is 16.9 Å². The van der Waals surface area contributed by atoms with E-state index in [2.05, 4.69) is 12.2 Å². The van der Waals surface area contributed by atoms with Gasteiger partial charge in [0.2, 0.25) is 5.91 Å². The molecule has 0 saturated carbocycles. The molecule has 0 spiro atoms. The summed E-state index contributed by atoms with van der Waals surface area (Å²) in [4.78, 5) is 24.0. The lowest BCUT2D eigenvalue weighted by atomic mass is 9.93. The molecule has 116 valence electrons. The largest absolute Gasteiger partial charge is 0.477 e. The zero-order valence-electron chi connectivity index (χ0n) is 12.4. The number of amides is 1. The molecule has 0 saturated heterocycles. The van der Waals surface area contributed by atoms with Crippen LogP contribution in [0, 0.1) is 0 Å². The second-order valence-corrected chi connectivity index (χ2v) is 6.24. The molecule has 1 aromatic heterocycles. The van der Waals surface area contributed by atoms with E-state index in [1.54, 1.807) is 12.1 Å². The molecule has 1 atom stereocenters. The van der Waals surface area contributed by atoms with Crippen molar-refractivity contribution in [3.05, 3.63) is 57.8 Å². The summed E-state index contributed by atoms with van der Waals surface area (Å²) < 4.78 is 0. The minimum Gasteiger partial charge on any atom is -0.477 e. The number of hydrogen-bond donors (Lipinski definition) is 2. The maximum atomic E-state index is 12.1. The van der Waals surface area contributed by atoms with E-state index >= 15 is 0 Å². The highest BCUT2D eigenvalue weighted by atomic mass is 32.1. The van der Waals surface area contributed by atoms with E-state index < -0.39 is 5.97 Å². The third-order valence-electron chi connectivity index (χ3n) is 3.53. The van der Waals surface area contributed by atoms with Gasteiger partial charge < -0.3 is 10.4 Å². The van der Waals surface area contributed by atoms with E-state index in [1.807, 2.05) is 30.3 Å². The fraction of sp³-hybridized carbons (Fsp3) is 0.294. The van der Waals surface area contributed by atoms with Crippen LogP contribution in [0.5, 0.6) is 0 Å². The third-order valence-corrected chi connectivity index (χ3v) is 4.60. The Bertz CT molecular complexity index is 636. The van der Waals surface area contributed by atoms with Gasteiger partial charge in [-0.1, -0.05) is 37.3 Å². The van der Waals surface area contributed by atoms with E-state index in [4.69, 9.17) is 5.11 Å². The van der Waals surface area contributed by atoms with Gasteiger partial charge in [0.05, 0.1) is 6.54 Å². The standard InChI is InChI=1S/C17H19NO3S/c1-2-12(13-6-4-3-5-7-13)10-16(19)18-11-14-8-9-15(22-14)17(20)21/h3-9,12H,2,10-11H2,1H3,(H,18,19)(H,20,21). The minimum atomic E-state index is -0.933. The number of carbonyl (C=O) groups excluding carboxylic acids is 1. The lowest BCUT2D eigenvalue weighted by molar-refractivity contribution is -0.121. The highest BCUT2D eigenvalue weighted by molar-refractivity contribution is 7.13. The number of carboxylic acid groups (broad SMARTS) is 1. The molecule has 4 nitrogen and oxygen atoms in total. The van der Waals surface area contributed by atoms with Crippen molar-refractivity contribution in [2.75, 3.05) is 0 Å². The summed E-state index contributed by atoms with van der Waals surface area (Å²) in [5, 5.41) is 11.7. The highest BCUT2D eigenvalue weighted by Gasteiger charge is 2.14. The van der Waals surface area contributed by atoms with Crippen molar-refractivity contribution in [2.24, 2.45) is 0 Å². The Balaban J connectivity index is 1.87. The van der Waals surface area contributed by atoms with Gasteiger partial charge in [-0.2, -0.15) is 0 Å². The molecule has 0 aliphatic carbocycles. The van der Waals surface area contributed by atoms with Crippen LogP contribution in [0.4, 0.5) is 0 Å². The molecular formula is C17H19NO3S. The quantitative estimate of drug-likeness (QED) is 0.819. The Morgan fingerprint density at radius 3 is 2.50 bits per heavy atom. The van der Waals surface area contributed by atoms with Gasteiger partial charge in [0.1, 0.15) is 4.88 Å². The van der Waals surface area contributed by atoms with Crippen molar-refractivity contribution >= 4 is 23.2 Å². The van der Waals surface area contributed by atoms with Crippen molar-refractivity contribution in [3.8, 4) is 0 Å². The van der Waals surface area contributed by atoms with Crippen LogP contribution in [0.2, 0.25) is 0 Å². The van der Waals surface area contributed by atoms with Crippen molar-refractivity contribution in [3.63, 3.8) is 0 Å². The Labute approximate surface area is 133 Å². The van der Waals surface area contributed by atoms with Gasteiger partial charge in [-0.3, -0.25) is 4.79 Å². The number of rotatable bonds is 7. The highest BCUT2D eigenvalue weighted by Crippen LogP contribution is 2.23. The van der Waals surface area contributed by atoms with Crippen LogP contribution in [-0.4, -0.2) is 17.0 Å². The molecule has 0 bridgehead atoms. The van der Waals surface area contributed by atoms with Crippen molar-refractivity contribution in [1.29, 1.82) is 0 Å². The molecule has 0 aliphatic heterocycles. The van der Waals surface area contributed by atoms with Crippen LogP contribution in [0.15, 0.2) is 42.5 Å². The molecule has 22 heavy (non-hydrogen) atoms. The molecule has 0 fully saturated rings. The first kappa shape index (κ1) is 16.2. The zero-order valence-corrected chi connectivity index (χ0v) is 13.2. The van der Waals surface area contributed by atoms with Gasteiger partial charge >= 0.3 is 5.97 Å². The Morgan fingerprint density at radius 2 is 1.91 bits per heavy atom. The molecule has 2 N–H and O–H groups in total. The first-order valence-electron chi connectivity index (χ1n) is 7.23. The maximum Gasteiger partial charge on any atom is 0.345 e. The minimum absolute atomic E-state index is 0.0130. The van der Waals surface area contributed by atoms with Crippen LogP contribution >= 0.6 is 11.3 Å². The number of benzene rings is 1. The summed E-state index contributed by atoms with van der Waals surface area (Å²) >= 11 is 1.19. The van der Waals surface area contributed by atoms with E-state index in [0.29, 0.717) is 17.8 Å². The number of carbonyl (C=O) groups is 2. The number of thiophene rings is 1. The molecule has 1 heterocycles. The molecule has 2 aromatic rings. The van der Waals surface area contributed by atoms with Crippen LogP contribution < -0.4 is 5.32 Å². The molecule has 5 heteroatoms. The average molecular weight is 317 g/mol. The lowest BCUT2D eigenvalue weighted by Crippen LogP contribution is -2.24. The lowest BCUT2D eigenvalue weighted by Gasteiger charge is -2.14. The molecule has 2 rings (SSSR count). The van der Waals surface area contributed by atoms with Crippen molar-refractivity contribution < 1.29 is 14.7 Å². The van der Waals surface area contributed by atoms with Crippen LogP contribution in [0.3, 0.4) is 0 Å². The van der Waals surface area contributed by atoms with Gasteiger partial charge in [-0.15, -0.1) is 11.3 Å². The summed E-state index contributed by atoms with van der Waals surface area (Å²) in [5.41, 5.74) is 1.17. The van der Waals surface area contributed by atoms with E-state index in [-0.39, 0.29) is 11.8 Å². The number of nitrogens with one attached hydrogen (secondary N) is 1. The molecule has 1 aromatic carbocycles. The van der Waals surface area contributed by atoms with Gasteiger partial charge in [0.25, 0.3) is 0 Å².